The average molecular weight is 267 g/mol. The van der Waals surface area contributed by atoms with Crippen molar-refractivity contribution in [2.24, 2.45) is 0 Å². The molecule has 106 valence electrons. The number of carbonyl (C=O) groups is 1. The van der Waals surface area contributed by atoms with Crippen LogP contribution >= 0.6 is 0 Å². The van der Waals surface area contributed by atoms with Gasteiger partial charge >= 0.3 is 5.97 Å². The summed E-state index contributed by atoms with van der Waals surface area (Å²) in [5, 5.41) is 14.3. The van der Waals surface area contributed by atoms with Gasteiger partial charge in [0.15, 0.2) is 0 Å². The molecule has 1 aliphatic rings. The first-order valence-corrected chi connectivity index (χ1v) is 6.68. The number of aryl methyl sites for hydroxylation is 1. The van der Waals surface area contributed by atoms with Gasteiger partial charge in [-0.1, -0.05) is 0 Å². The highest BCUT2D eigenvalue weighted by atomic mass is 16.5. The molecule has 0 aromatic carbocycles. The number of carbonyl (C=O) groups excluding carboxylic acids is 1. The van der Waals surface area contributed by atoms with E-state index in [1.54, 1.807) is 6.20 Å². The summed E-state index contributed by atoms with van der Waals surface area (Å²) in [6, 6.07) is 1.37. The summed E-state index contributed by atoms with van der Waals surface area (Å²) >= 11 is 0. The minimum Gasteiger partial charge on any atom is -0.468 e. The number of ether oxygens (including phenoxy) is 1. The van der Waals surface area contributed by atoms with Crippen LogP contribution in [0.3, 0.4) is 0 Å². The zero-order valence-corrected chi connectivity index (χ0v) is 11.5. The molecule has 0 bridgehead atoms. The second-order valence-corrected chi connectivity index (χ2v) is 4.79. The molecule has 0 radical (unpaired) electrons. The Balaban J connectivity index is 2.14. The number of hydrogen-bond acceptors (Lipinski definition) is 5. The lowest BCUT2D eigenvalue weighted by atomic mass is 9.98. The topological polar surface area (TPSA) is 67.6 Å². The fraction of sp³-hybridized carbons (Fsp3) is 0.692. The molecule has 0 amide bonds. The van der Waals surface area contributed by atoms with E-state index in [9.17, 15) is 9.90 Å². The smallest absolute Gasteiger partial charge is 0.325 e. The van der Waals surface area contributed by atoms with E-state index < -0.39 is 12.1 Å². The van der Waals surface area contributed by atoms with Gasteiger partial charge in [-0.05, 0) is 32.4 Å². The second kappa shape index (κ2) is 6.16. The minimum atomic E-state index is -0.654. The molecule has 2 atom stereocenters. The summed E-state index contributed by atoms with van der Waals surface area (Å²) in [4.78, 5) is 13.8. The largest absolute Gasteiger partial charge is 0.468 e. The molecule has 1 N–H and O–H groups in total. The third-order valence-corrected chi connectivity index (χ3v) is 3.61. The van der Waals surface area contributed by atoms with Crippen LogP contribution in [-0.4, -0.2) is 51.6 Å². The Hall–Kier alpha value is -1.40. The lowest BCUT2D eigenvalue weighted by molar-refractivity contribution is -0.154. The maximum atomic E-state index is 11.8. The standard InChI is InChI=1S/C13H21N3O3/c1-3-16-10(6-7-14-16)9-15-8-4-5-11(17)12(15)13(18)19-2/h6-7,11-12,17H,3-5,8-9H2,1-2H3/t11-,12-/m0/s1. The van der Waals surface area contributed by atoms with Crippen molar-refractivity contribution in [2.75, 3.05) is 13.7 Å². The van der Waals surface area contributed by atoms with Crippen molar-refractivity contribution in [2.45, 2.75) is 45.0 Å². The molecule has 0 unspecified atom stereocenters. The molecule has 6 heteroatoms. The summed E-state index contributed by atoms with van der Waals surface area (Å²) in [5.41, 5.74) is 1.05. The van der Waals surface area contributed by atoms with Crippen LogP contribution in [0.4, 0.5) is 0 Å². The second-order valence-electron chi connectivity index (χ2n) is 4.79. The summed E-state index contributed by atoms with van der Waals surface area (Å²) in [5.74, 6) is -0.366. The first kappa shape index (κ1) is 14.0. The van der Waals surface area contributed by atoms with Crippen molar-refractivity contribution < 1.29 is 14.6 Å². The summed E-state index contributed by atoms with van der Waals surface area (Å²) in [6.07, 6.45) is 2.63. The first-order valence-electron chi connectivity index (χ1n) is 6.68. The molecule has 0 aliphatic carbocycles. The van der Waals surface area contributed by atoms with Crippen LogP contribution in [0.25, 0.3) is 0 Å². The van der Waals surface area contributed by atoms with Crippen LogP contribution in [0.1, 0.15) is 25.5 Å². The van der Waals surface area contributed by atoms with E-state index in [4.69, 9.17) is 4.74 Å². The van der Waals surface area contributed by atoms with Crippen molar-refractivity contribution in [3.63, 3.8) is 0 Å². The predicted molar refractivity (Wildman–Crippen MR) is 69.4 cm³/mol. The Kier molecular flexibility index (Phi) is 4.55. The normalized spacial score (nSPS) is 24.4. The fourth-order valence-corrected chi connectivity index (χ4v) is 2.64. The third kappa shape index (κ3) is 2.96. The Morgan fingerprint density at radius 1 is 1.63 bits per heavy atom. The SMILES string of the molecule is CCn1nccc1CN1CCC[C@H](O)[C@H]1C(=O)OC. The van der Waals surface area contributed by atoms with Crippen LogP contribution < -0.4 is 0 Å². The van der Waals surface area contributed by atoms with Crippen molar-refractivity contribution in [1.29, 1.82) is 0 Å². The molecule has 6 nitrogen and oxygen atoms in total. The number of rotatable bonds is 4. The van der Waals surface area contributed by atoms with E-state index in [1.807, 2.05) is 22.6 Å². The third-order valence-electron chi connectivity index (χ3n) is 3.61. The van der Waals surface area contributed by atoms with Gasteiger partial charge in [-0.3, -0.25) is 14.4 Å². The number of likely N-dealkylation sites (tertiary alicyclic amines) is 1. The number of methoxy groups -OCH3 is 1. The molecule has 1 saturated heterocycles. The van der Waals surface area contributed by atoms with Crippen molar-refractivity contribution in [3.05, 3.63) is 18.0 Å². The molecule has 1 fully saturated rings. The van der Waals surface area contributed by atoms with Crippen molar-refractivity contribution >= 4 is 5.97 Å². The highest BCUT2D eigenvalue weighted by Gasteiger charge is 2.36. The Bertz CT molecular complexity index is 433. The quantitative estimate of drug-likeness (QED) is 0.800. The van der Waals surface area contributed by atoms with Crippen LogP contribution in [-0.2, 0) is 22.6 Å². The molecular formula is C13H21N3O3. The molecule has 1 aromatic rings. The summed E-state index contributed by atoms with van der Waals surface area (Å²) in [6.45, 7) is 4.21. The van der Waals surface area contributed by atoms with Gasteiger partial charge in [-0.15, -0.1) is 0 Å². The number of piperidine rings is 1. The molecule has 2 rings (SSSR count). The summed E-state index contributed by atoms with van der Waals surface area (Å²) < 4.78 is 6.70. The number of aromatic nitrogens is 2. The molecule has 0 saturated carbocycles. The van der Waals surface area contributed by atoms with Gasteiger partial charge in [0, 0.05) is 19.3 Å². The molecule has 19 heavy (non-hydrogen) atoms. The van der Waals surface area contributed by atoms with Crippen molar-refractivity contribution in [1.82, 2.24) is 14.7 Å². The predicted octanol–water partition coefficient (Wildman–Crippen LogP) is 0.401. The van der Waals surface area contributed by atoms with Gasteiger partial charge in [0.2, 0.25) is 0 Å². The Labute approximate surface area is 113 Å². The fourth-order valence-electron chi connectivity index (χ4n) is 2.64. The van der Waals surface area contributed by atoms with E-state index in [-0.39, 0.29) is 5.97 Å². The number of aliphatic hydroxyl groups excluding tert-OH is 1. The Morgan fingerprint density at radius 2 is 2.42 bits per heavy atom. The number of hydrogen-bond donors (Lipinski definition) is 1. The molecule has 1 aromatic heterocycles. The highest BCUT2D eigenvalue weighted by molar-refractivity contribution is 5.76. The number of aliphatic hydroxyl groups is 1. The first-order chi connectivity index (χ1) is 9.17. The van der Waals surface area contributed by atoms with Gasteiger partial charge < -0.3 is 9.84 Å². The molecule has 0 spiro atoms. The van der Waals surface area contributed by atoms with E-state index in [1.165, 1.54) is 7.11 Å². The summed E-state index contributed by atoms with van der Waals surface area (Å²) in [7, 11) is 1.36. The average Bonchev–Trinajstić information content (AvgIpc) is 2.85. The van der Waals surface area contributed by atoms with E-state index in [0.29, 0.717) is 13.0 Å². The lowest BCUT2D eigenvalue weighted by Gasteiger charge is -2.36. The maximum absolute atomic E-state index is 11.8. The van der Waals surface area contributed by atoms with Crippen LogP contribution in [0.15, 0.2) is 12.3 Å². The van der Waals surface area contributed by atoms with Gasteiger partial charge in [-0.2, -0.15) is 5.10 Å². The number of nitrogens with zero attached hydrogens (tertiary/aromatic N) is 3. The zero-order valence-electron chi connectivity index (χ0n) is 11.5. The van der Waals surface area contributed by atoms with Gasteiger partial charge in [0.25, 0.3) is 0 Å². The van der Waals surface area contributed by atoms with E-state index in [2.05, 4.69) is 5.10 Å². The van der Waals surface area contributed by atoms with Gasteiger partial charge in [0.05, 0.1) is 18.9 Å². The van der Waals surface area contributed by atoms with E-state index in [0.717, 1.165) is 25.2 Å². The Morgan fingerprint density at radius 3 is 3.11 bits per heavy atom. The minimum absolute atomic E-state index is 0.366. The lowest BCUT2D eigenvalue weighted by Crippen LogP contribution is -2.52. The number of esters is 1. The van der Waals surface area contributed by atoms with Crippen LogP contribution in [0.5, 0.6) is 0 Å². The van der Waals surface area contributed by atoms with Crippen LogP contribution in [0.2, 0.25) is 0 Å². The van der Waals surface area contributed by atoms with E-state index >= 15 is 0 Å². The van der Waals surface area contributed by atoms with Gasteiger partial charge in [0.1, 0.15) is 6.04 Å². The zero-order chi connectivity index (χ0) is 13.8. The molecular weight excluding hydrogens is 246 g/mol. The van der Waals surface area contributed by atoms with Gasteiger partial charge in [-0.25, -0.2) is 0 Å². The van der Waals surface area contributed by atoms with Crippen LogP contribution in [0, 0.1) is 0 Å². The van der Waals surface area contributed by atoms with Crippen molar-refractivity contribution in [3.8, 4) is 0 Å². The molecule has 1 aliphatic heterocycles. The monoisotopic (exact) mass is 267 g/mol. The molecule has 2 heterocycles. The highest BCUT2D eigenvalue weighted by Crippen LogP contribution is 2.21. The maximum Gasteiger partial charge on any atom is 0.325 e.